The molecule has 4 N–H and O–H groups in total. The number of carbonyl (C=O) groups is 3. The highest BCUT2D eigenvalue weighted by Gasteiger charge is 2.40. The van der Waals surface area contributed by atoms with Crippen molar-refractivity contribution in [1.82, 2.24) is 15.5 Å². The lowest BCUT2D eigenvalue weighted by Gasteiger charge is -2.31. The van der Waals surface area contributed by atoms with Crippen molar-refractivity contribution in [1.29, 1.82) is 0 Å². The van der Waals surface area contributed by atoms with Gasteiger partial charge in [0.05, 0.1) is 0 Å². The minimum atomic E-state index is -0.579. The Morgan fingerprint density at radius 1 is 1.30 bits per heavy atom. The molecule has 1 aromatic carbocycles. The lowest BCUT2D eigenvalue weighted by molar-refractivity contribution is -0.136. The van der Waals surface area contributed by atoms with Gasteiger partial charge < -0.3 is 16.0 Å². The van der Waals surface area contributed by atoms with Crippen LogP contribution >= 0.6 is 0 Å². The molecule has 0 radical (unpaired) electrons. The minimum Gasteiger partial charge on any atom is -0.326 e. The van der Waals surface area contributed by atoms with Crippen molar-refractivity contribution < 1.29 is 14.4 Å². The molecule has 1 unspecified atom stereocenters. The molecule has 0 aromatic heterocycles. The van der Waals surface area contributed by atoms with E-state index in [1.165, 1.54) is 0 Å². The van der Waals surface area contributed by atoms with Gasteiger partial charge in [0, 0.05) is 36.7 Å². The van der Waals surface area contributed by atoms with Gasteiger partial charge in [0.15, 0.2) is 0 Å². The molecule has 0 bridgehead atoms. The van der Waals surface area contributed by atoms with Crippen LogP contribution in [0.15, 0.2) is 18.2 Å². The van der Waals surface area contributed by atoms with E-state index in [4.69, 9.17) is 5.73 Å². The lowest BCUT2D eigenvalue weighted by Crippen LogP contribution is -2.52. The largest absolute Gasteiger partial charge is 0.326 e. The molecule has 3 aliphatic rings. The van der Waals surface area contributed by atoms with Crippen LogP contribution in [0.5, 0.6) is 0 Å². The Labute approximate surface area is 158 Å². The lowest BCUT2D eigenvalue weighted by atomic mass is 9.95. The van der Waals surface area contributed by atoms with Gasteiger partial charge in [-0.15, -0.1) is 0 Å². The average Bonchev–Trinajstić information content (AvgIpc) is 3.14. The van der Waals surface area contributed by atoms with Crippen LogP contribution in [0.2, 0.25) is 0 Å². The van der Waals surface area contributed by atoms with Crippen LogP contribution in [0.4, 0.5) is 0 Å². The maximum atomic E-state index is 12.9. The number of nitrogens with one attached hydrogen (secondary N) is 2. The van der Waals surface area contributed by atoms with Crippen molar-refractivity contribution in [3.05, 3.63) is 34.9 Å². The van der Waals surface area contributed by atoms with E-state index in [9.17, 15) is 14.4 Å². The van der Waals surface area contributed by atoms with Crippen LogP contribution in [0.3, 0.4) is 0 Å². The Morgan fingerprint density at radius 2 is 2.11 bits per heavy atom. The molecule has 4 rings (SSSR count). The third kappa shape index (κ3) is 3.15. The fraction of sp³-hybridized carbons (Fsp3) is 0.550. The molecule has 1 aliphatic carbocycles. The summed E-state index contributed by atoms with van der Waals surface area (Å²) >= 11 is 0. The molecule has 2 fully saturated rings. The van der Waals surface area contributed by atoms with E-state index >= 15 is 0 Å². The average molecular weight is 370 g/mol. The Morgan fingerprint density at radius 3 is 2.81 bits per heavy atom. The molecule has 144 valence electrons. The Hall–Kier alpha value is -2.25. The molecule has 1 aromatic rings. The van der Waals surface area contributed by atoms with E-state index in [1.807, 2.05) is 18.2 Å². The monoisotopic (exact) mass is 370 g/mol. The maximum Gasteiger partial charge on any atom is 0.255 e. The van der Waals surface area contributed by atoms with Gasteiger partial charge in [-0.1, -0.05) is 12.1 Å². The number of rotatable bonds is 4. The number of carbonyl (C=O) groups excluding carboxylic acids is 3. The second-order valence-electron chi connectivity index (χ2n) is 8.11. The second kappa shape index (κ2) is 6.73. The summed E-state index contributed by atoms with van der Waals surface area (Å²) in [5.74, 6) is -0.784. The first-order valence-corrected chi connectivity index (χ1v) is 9.65. The van der Waals surface area contributed by atoms with Crippen molar-refractivity contribution in [3.63, 3.8) is 0 Å². The predicted octanol–water partition coefficient (Wildman–Crippen LogP) is 0.807. The molecular formula is C20H26N4O3. The highest BCUT2D eigenvalue weighted by Crippen LogP contribution is 2.32. The highest BCUT2D eigenvalue weighted by molar-refractivity contribution is 6.05. The Bertz CT molecular complexity index is 808. The second-order valence-corrected chi connectivity index (χ2v) is 8.11. The number of piperidine rings is 1. The van der Waals surface area contributed by atoms with Gasteiger partial charge in [-0.05, 0) is 49.8 Å². The SMILES string of the molecule is C[C@]1(NCc2cccc3c2CN(C2CCC(=O)NC2=O)C3=O)CCC[C@@H]1N. The molecule has 2 heterocycles. The number of benzene rings is 1. The van der Waals surface area contributed by atoms with Crippen molar-refractivity contribution >= 4 is 17.7 Å². The van der Waals surface area contributed by atoms with E-state index < -0.39 is 6.04 Å². The van der Waals surface area contributed by atoms with Crippen LogP contribution in [-0.2, 0) is 22.7 Å². The fourth-order valence-electron chi connectivity index (χ4n) is 4.53. The number of nitrogens with zero attached hydrogens (tertiary/aromatic N) is 1. The minimum absolute atomic E-state index is 0.0886. The molecule has 1 saturated carbocycles. The summed E-state index contributed by atoms with van der Waals surface area (Å²) in [5, 5.41) is 5.94. The van der Waals surface area contributed by atoms with Crippen molar-refractivity contribution in [3.8, 4) is 0 Å². The van der Waals surface area contributed by atoms with Gasteiger partial charge in [-0.2, -0.15) is 0 Å². The molecule has 7 nitrogen and oxygen atoms in total. The number of hydrogen-bond acceptors (Lipinski definition) is 5. The molecule has 3 atom stereocenters. The van der Waals surface area contributed by atoms with E-state index in [2.05, 4.69) is 17.6 Å². The number of fused-ring (bicyclic) bond motifs is 1. The van der Waals surface area contributed by atoms with Gasteiger partial charge in [0.2, 0.25) is 11.8 Å². The summed E-state index contributed by atoms with van der Waals surface area (Å²) in [6.07, 6.45) is 3.84. The molecular weight excluding hydrogens is 344 g/mol. The van der Waals surface area contributed by atoms with Crippen LogP contribution < -0.4 is 16.4 Å². The molecule has 2 aliphatic heterocycles. The van der Waals surface area contributed by atoms with Crippen molar-refractivity contribution in [2.45, 2.75) is 69.7 Å². The fourth-order valence-corrected chi connectivity index (χ4v) is 4.53. The van der Waals surface area contributed by atoms with Gasteiger partial charge in [-0.3, -0.25) is 19.7 Å². The van der Waals surface area contributed by atoms with Crippen molar-refractivity contribution in [2.24, 2.45) is 5.73 Å². The normalized spacial score (nSPS) is 30.6. The van der Waals surface area contributed by atoms with E-state index in [-0.39, 0.29) is 35.7 Å². The highest BCUT2D eigenvalue weighted by atomic mass is 16.2. The Balaban J connectivity index is 1.52. The van der Waals surface area contributed by atoms with Gasteiger partial charge in [0.1, 0.15) is 6.04 Å². The molecule has 27 heavy (non-hydrogen) atoms. The Kier molecular flexibility index (Phi) is 4.52. The molecule has 7 heteroatoms. The van der Waals surface area contributed by atoms with E-state index in [1.54, 1.807) is 4.90 Å². The molecule has 0 spiro atoms. The number of nitrogens with two attached hydrogens (primary N) is 1. The van der Waals surface area contributed by atoms with Crippen LogP contribution in [0.25, 0.3) is 0 Å². The van der Waals surface area contributed by atoms with Gasteiger partial charge >= 0.3 is 0 Å². The first-order valence-electron chi connectivity index (χ1n) is 9.65. The summed E-state index contributed by atoms with van der Waals surface area (Å²) < 4.78 is 0. The third-order valence-electron chi connectivity index (χ3n) is 6.39. The zero-order valence-electron chi connectivity index (χ0n) is 15.6. The molecule has 1 saturated heterocycles. The first kappa shape index (κ1) is 18.1. The smallest absolute Gasteiger partial charge is 0.255 e. The van der Waals surface area contributed by atoms with Crippen LogP contribution in [-0.4, -0.2) is 40.2 Å². The van der Waals surface area contributed by atoms with Gasteiger partial charge in [-0.25, -0.2) is 0 Å². The first-order chi connectivity index (χ1) is 12.9. The summed E-state index contributed by atoms with van der Waals surface area (Å²) in [5.41, 5.74) is 8.86. The predicted molar refractivity (Wildman–Crippen MR) is 99.6 cm³/mol. The zero-order chi connectivity index (χ0) is 19.2. The zero-order valence-corrected chi connectivity index (χ0v) is 15.6. The number of amides is 3. The summed E-state index contributed by atoms with van der Waals surface area (Å²) in [7, 11) is 0. The van der Waals surface area contributed by atoms with E-state index in [0.29, 0.717) is 25.1 Å². The van der Waals surface area contributed by atoms with Crippen LogP contribution in [0.1, 0.15) is 60.5 Å². The molecule has 3 amide bonds. The topological polar surface area (TPSA) is 105 Å². The third-order valence-corrected chi connectivity index (χ3v) is 6.39. The van der Waals surface area contributed by atoms with Crippen LogP contribution in [0, 0.1) is 0 Å². The van der Waals surface area contributed by atoms with Gasteiger partial charge in [0.25, 0.3) is 5.91 Å². The quantitative estimate of drug-likeness (QED) is 0.680. The van der Waals surface area contributed by atoms with E-state index in [0.717, 1.165) is 30.4 Å². The standard InChI is InChI=1S/C20H26N4O3/c1-20(9-3-6-16(20)21)22-10-12-4-2-5-13-14(12)11-24(19(13)27)15-7-8-17(25)23-18(15)26/h2,4-5,15-16,22H,3,6-11,21H2,1H3,(H,23,25,26)/t15?,16-,20-/m0/s1. The number of hydrogen-bond donors (Lipinski definition) is 3. The summed E-state index contributed by atoms with van der Waals surface area (Å²) in [4.78, 5) is 38.1. The maximum absolute atomic E-state index is 12.9. The van der Waals surface area contributed by atoms with Crippen molar-refractivity contribution in [2.75, 3.05) is 0 Å². The number of imide groups is 1. The summed E-state index contributed by atoms with van der Waals surface area (Å²) in [6.45, 7) is 3.21. The summed E-state index contributed by atoms with van der Waals surface area (Å²) in [6, 6.07) is 5.28.